The van der Waals surface area contributed by atoms with Gasteiger partial charge in [0, 0.05) is 21.8 Å². The molecule has 0 saturated heterocycles. The normalized spacial score (nSPS) is 10.9. The van der Waals surface area contributed by atoms with Crippen molar-refractivity contribution in [1.29, 1.82) is 0 Å². The van der Waals surface area contributed by atoms with Gasteiger partial charge in [-0.3, -0.25) is 0 Å². The maximum absolute atomic E-state index is 3.36. The SMILES string of the molecule is C=CC=C.CC.c1ccc(-c2cc(-c3ccccc3)cc(-c3ccc4c(c3)c3ccc5c6ccccc6c6ccccc6c5c3n4-c3ccccc3)c2)cc1. The van der Waals surface area contributed by atoms with Gasteiger partial charge in [0.1, 0.15) is 0 Å². The Morgan fingerprint density at radius 1 is 0.345 bits per heavy atom. The van der Waals surface area contributed by atoms with Crippen LogP contribution in [0.3, 0.4) is 0 Å². The molecule has 0 amide bonds. The molecule has 0 bridgehead atoms. The van der Waals surface area contributed by atoms with E-state index in [1.54, 1.807) is 12.2 Å². The Bertz CT molecular complexity index is 2850. The molecular weight excluding hydrogens is 663 g/mol. The summed E-state index contributed by atoms with van der Waals surface area (Å²) in [5.41, 5.74) is 10.9. The second-order valence-corrected chi connectivity index (χ2v) is 13.4. The molecule has 9 aromatic carbocycles. The maximum atomic E-state index is 3.36. The Kier molecular flexibility index (Phi) is 9.93. The fraction of sp³-hybridized carbons (Fsp3) is 0.0370. The van der Waals surface area contributed by atoms with Gasteiger partial charge in [0.25, 0.3) is 0 Å². The van der Waals surface area contributed by atoms with Crippen molar-refractivity contribution in [3.8, 4) is 39.1 Å². The van der Waals surface area contributed by atoms with E-state index < -0.39 is 0 Å². The monoisotopic (exact) mass is 705 g/mol. The van der Waals surface area contributed by atoms with Gasteiger partial charge in [-0.15, -0.1) is 0 Å². The summed E-state index contributed by atoms with van der Waals surface area (Å²) in [7, 11) is 0. The average Bonchev–Trinajstić information content (AvgIpc) is 3.61. The number of aromatic nitrogens is 1. The molecule has 0 radical (unpaired) electrons. The zero-order valence-corrected chi connectivity index (χ0v) is 31.4. The van der Waals surface area contributed by atoms with E-state index in [2.05, 4.69) is 206 Å². The van der Waals surface area contributed by atoms with Crippen LogP contribution in [0.4, 0.5) is 0 Å². The zero-order chi connectivity index (χ0) is 37.7. The van der Waals surface area contributed by atoms with Crippen molar-refractivity contribution in [2.75, 3.05) is 0 Å². The van der Waals surface area contributed by atoms with Crippen LogP contribution < -0.4 is 0 Å². The summed E-state index contributed by atoms with van der Waals surface area (Å²) in [5.74, 6) is 0. The van der Waals surface area contributed by atoms with E-state index in [1.165, 1.54) is 87.5 Å². The number of hydrogen-bond donors (Lipinski definition) is 0. The van der Waals surface area contributed by atoms with Gasteiger partial charge < -0.3 is 4.57 Å². The van der Waals surface area contributed by atoms with Crippen LogP contribution in [0.25, 0.3) is 93.2 Å². The van der Waals surface area contributed by atoms with Gasteiger partial charge in [-0.1, -0.05) is 185 Å². The van der Waals surface area contributed by atoms with Crippen LogP contribution in [0.1, 0.15) is 13.8 Å². The zero-order valence-electron chi connectivity index (χ0n) is 31.4. The van der Waals surface area contributed by atoms with E-state index in [0.717, 1.165) is 5.69 Å². The van der Waals surface area contributed by atoms with Gasteiger partial charge >= 0.3 is 0 Å². The van der Waals surface area contributed by atoms with E-state index in [4.69, 9.17) is 0 Å². The number of nitrogens with zero attached hydrogens (tertiary/aromatic N) is 1. The minimum atomic E-state index is 1.16. The molecule has 0 aliphatic rings. The lowest BCUT2D eigenvalue weighted by molar-refractivity contribution is 1.19. The maximum Gasteiger partial charge on any atom is 0.0625 e. The molecular formula is C54H43N. The third-order valence-corrected chi connectivity index (χ3v) is 10.3. The highest BCUT2D eigenvalue weighted by Gasteiger charge is 2.19. The number of benzene rings is 9. The van der Waals surface area contributed by atoms with Crippen LogP contribution in [0.15, 0.2) is 213 Å². The van der Waals surface area contributed by atoms with Crippen molar-refractivity contribution in [3.05, 3.63) is 213 Å². The van der Waals surface area contributed by atoms with Crippen LogP contribution in [0.2, 0.25) is 0 Å². The topological polar surface area (TPSA) is 4.93 Å². The predicted octanol–water partition coefficient (Wildman–Crippen LogP) is 15.6. The van der Waals surface area contributed by atoms with Crippen LogP contribution in [-0.4, -0.2) is 4.57 Å². The Morgan fingerprint density at radius 3 is 1.29 bits per heavy atom. The number of allylic oxidation sites excluding steroid dienone is 2. The Labute approximate surface area is 323 Å². The molecule has 0 N–H and O–H groups in total. The molecule has 55 heavy (non-hydrogen) atoms. The highest BCUT2D eigenvalue weighted by atomic mass is 15.0. The summed E-state index contributed by atoms with van der Waals surface area (Å²) in [6.45, 7) is 10.7. The second-order valence-electron chi connectivity index (χ2n) is 13.4. The predicted molar refractivity (Wildman–Crippen MR) is 241 cm³/mol. The molecule has 10 aromatic rings. The summed E-state index contributed by atoms with van der Waals surface area (Å²) in [4.78, 5) is 0. The number of hydrogen-bond acceptors (Lipinski definition) is 0. The van der Waals surface area contributed by atoms with Crippen LogP contribution >= 0.6 is 0 Å². The number of fused-ring (bicyclic) bond motifs is 10. The third kappa shape index (κ3) is 6.41. The summed E-state index contributed by atoms with van der Waals surface area (Å²) in [6.07, 6.45) is 3.28. The van der Waals surface area contributed by atoms with Crippen LogP contribution in [0, 0.1) is 0 Å². The Balaban J connectivity index is 0.000000671. The molecule has 0 aliphatic carbocycles. The molecule has 264 valence electrons. The molecule has 0 atom stereocenters. The first kappa shape index (κ1) is 35.1. The van der Waals surface area contributed by atoms with Gasteiger partial charge in [0.2, 0.25) is 0 Å². The first-order valence-electron chi connectivity index (χ1n) is 19.1. The molecule has 0 saturated carbocycles. The second kappa shape index (κ2) is 15.6. The fourth-order valence-corrected chi connectivity index (χ4v) is 7.91. The summed E-state index contributed by atoms with van der Waals surface area (Å²) >= 11 is 0. The van der Waals surface area contributed by atoms with Gasteiger partial charge in [-0.25, -0.2) is 0 Å². The first-order valence-corrected chi connectivity index (χ1v) is 19.1. The van der Waals surface area contributed by atoms with Gasteiger partial charge in [0.05, 0.1) is 11.0 Å². The van der Waals surface area contributed by atoms with Crippen molar-refractivity contribution >= 4 is 54.1 Å². The van der Waals surface area contributed by atoms with Crippen molar-refractivity contribution in [2.45, 2.75) is 13.8 Å². The van der Waals surface area contributed by atoms with Crippen molar-refractivity contribution in [2.24, 2.45) is 0 Å². The van der Waals surface area contributed by atoms with E-state index in [-0.39, 0.29) is 0 Å². The van der Waals surface area contributed by atoms with Gasteiger partial charge in [-0.2, -0.15) is 0 Å². The van der Waals surface area contributed by atoms with Gasteiger partial charge in [-0.05, 0) is 103 Å². The molecule has 10 rings (SSSR count). The molecule has 1 aromatic heterocycles. The minimum Gasteiger partial charge on any atom is -0.309 e. The average molecular weight is 706 g/mol. The summed E-state index contributed by atoms with van der Waals surface area (Å²) in [5, 5.41) is 10.2. The molecule has 1 nitrogen and oxygen atoms in total. The fourth-order valence-electron chi connectivity index (χ4n) is 7.91. The number of rotatable bonds is 5. The molecule has 0 aliphatic heterocycles. The lowest BCUT2D eigenvalue weighted by Gasteiger charge is -2.14. The molecule has 1 heteroatoms. The third-order valence-electron chi connectivity index (χ3n) is 10.3. The minimum absolute atomic E-state index is 1.16. The van der Waals surface area contributed by atoms with E-state index >= 15 is 0 Å². The van der Waals surface area contributed by atoms with E-state index in [0.29, 0.717) is 0 Å². The molecule has 0 fully saturated rings. The Morgan fingerprint density at radius 2 is 0.764 bits per heavy atom. The van der Waals surface area contributed by atoms with Crippen LogP contribution in [-0.2, 0) is 0 Å². The van der Waals surface area contributed by atoms with Crippen molar-refractivity contribution in [3.63, 3.8) is 0 Å². The smallest absolute Gasteiger partial charge is 0.0625 e. The largest absolute Gasteiger partial charge is 0.309 e. The summed E-state index contributed by atoms with van der Waals surface area (Å²) in [6, 6.07) is 68.7. The molecule has 0 unspecified atom stereocenters. The highest BCUT2D eigenvalue weighted by molar-refractivity contribution is 6.33. The first-order chi connectivity index (χ1) is 27.2. The highest BCUT2D eigenvalue weighted by Crippen LogP contribution is 2.44. The lowest BCUT2D eigenvalue weighted by atomic mass is 9.92. The Hall–Kier alpha value is -6.96. The lowest BCUT2D eigenvalue weighted by Crippen LogP contribution is -1.95. The molecule has 1 heterocycles. The quantitative estimate of drug-likeness (QED) is 0.124. The van der Waals surface area contributed by atoms with Crippen molar-refractivity contribution in [1.82, 2.24) is 4.57 Å². The van der Waals surface area contributed by atoms with Crippen molar-refractivity contribution < 1.29 is 0 Å². The number of para-hydroxylation sites is 1. The summed E-state index contributed by atoms with van der Waals surface area (Å²) < 4.78 is 2.48. The van der Waals surface area contributed by atoms with Gasteiger partial charge in [0.15, 0.2) is 0 Å². The standard InChI is InChI=1S/C48H31N.C4H6.C2H6/c1-4-14-32(15-5-1)35-28-36(33-16-6-2-7-17-33)30-37(29-35)34-24-27-46-45(31-34)44-26-25-43-41-22-11-10-20-39(41)40-21-12-13-23-42(40)47(43)48(44)49(46)38-18-8-3-9-19-38;1-3-4-2;1-2/h1-31H;3-4H,1-2H2;1-2H3. The van der Waals surface area contributed by atoms with E-state index in [1.807, 2.05) is 13.8 Å². The van der Waals surface area contributed by atoms with Crippen LogP contribution in [0.5, 0.6) is 0 Å². The molecule has 0 spiro atoms. The van der Waals surface area contributed by atoms with E-state index in [9.17, 15) is 0 Å².